The summed E-state index contributed by atoms with van der Waals surface area (Å²) in [6.07, 6.45) is 4.07. The van der Waals surface area contributed by atoms with Crippen molar-refractivity contribution in [2.24, 2.45) is 0 Å². The van der Waals surface area contributed by atoms with Crippen LogP contribution in [0.4, 0.5) is 11.4 Å². The number of para-hydroxylation sites is 1. The molecule has 5 nitrogen and oxygen atoms in total. The van der Waals surface area contributed by atoms with Gasteiger partial charge in [0.05, 0.1) is 16.9 Å². The summed E-state index contributed by atoms with van der Waals surface area (Å²) in [5, 5.41) is 11.8. The zero-order chi connectivity index (χ0) is 16.7. The minimum Gasteiger partial charge on any atom is -0.294 e. The predicted octanol–water partition coefficient (Wildman–Crippen LogP) is 3.75. The van der Waals surface area contributed by atoms with Crippen LogP contribution in [0.3, 0.4) is 0 Å². The van der Waals surface area contributed by atoms with Crippen LogP contribution in [0.25, 0.3) is 10.9 Å². The molecule has 0 spiro atoms. The van der Waals surface area contributed by atoms with Gasteiger partial charge in [0.1, 0.15) is 0 Å². The molecule has 0 radical (unpaired) electrons. The van der Waals surface area contributed by atoms with Crippen molar-refractivity contribution in [3.8, 4) is 0 Å². The van der Waals surface area contributed by atoms with E-state index < -0.39 is 0 Å². The molecule has 122 valence electrons. The molecule has 0 unspecified atom stereocenters. The summed E-state index contributed by atoms with van der Waals surface area (Å²) >= 11 is 0. The van der Waals surface area contributed by atoms with Crippen LogP contribution in [0.1, 0.15) is 24.5 Å². The first-order valence-corrected chi connectivity index (χ1v) is 8.18. The van der Waals surface area contributed by atoms with Crippen molar-refractivity contribution in [3.63, 3.8) is 0 Å². The summed E-state index contributed by atoms with van der Waals surface area (Å²) in [5.74, 6) is -0.257. The number of carbonyl (C=O) groups excluding carboxylic acids is 1. The first-order chi connectivity index (χ1) is 11.7. The number of nitrogens with one attached hydrogen (secondary N) is 1. The fourth-order valence-corrected chi connectivity index (χ4v) is 3.31. The number of fused-ring (bicyclic) bond motifs is 2. The van der Waals surface area contributed by atoms with Crippen LogP contribution in [0, 0.1) is 0 Å². The zero-order valence-electron chi connectivity index (χ0n) is 13.5. The molecule has 1 aliphatic heterocycles. The van der Waals surface area contributed by atoms with E-state index in [2.05, 4.69) is 36.7 Å². The van der Waals surface area contributed by atoms with Crippen LogP contribution < -0.4 is 10.5 Å². The van der Waals surface area contributed by atoms with Crippen LogP contribution in [-0.4, -0.2) is 15.8 Å². The highest BCUT2D eigenvalue weighted by Crippen LogP contribution is 2.30. The van der Waals surface area contributed by atoms with E-state index >= 15 is 0 Å². The number of rotatable bonds is 3. The minimum absolute atomic E-state index is 0.257. The third kappa shape index (κ3) is 2.34. The van der Waals surface area contributed by atoms with Gasteiger partial charge in [-0.3, -0.25) is 20.1 Å². The fraction of sp³-hybridized carbons (Fsp3) is 0.211. The Kier molecular flexibility index (Phi) is 3.50. The van der Waals surface area contributed by atoms with E-state index in [1.165, 1.54) is 10.9 Å². The summed E-state index contributed by atoms with van der Waals surface area (Å²) in [6, 6.07) is 14.0. The van der Waals surface area contributed by atoms with Crippen molar-refractivity contribution in [1.82, 2.24) is 4.68 Å². The number of amides is 1. The van der Waals surface area contributed by atoms with Crippen molar-refractivity contribution in [3.05, 3.63) is 59.8 Å². The molecular weight excluding hydrogens is 302 g/mol. The average Bonchev–Trinajstić information content (AvgIpc) is 2.96. The monoisotopic (exact) mass is 321 g/mol. The van der Waals surface area contributed by atoms with Gasteiger partial charge in [-0.15, -0.1) is 0 Å². The molecule has 2 heterocycles. The summed E-state index contributed by atoms with van der Waals surface area (Å²) in [4.78, 5) is 11.6. The lowest BCUT2D eigenvalue weighted by molar-refractivity contribution is -0.124. The number of hydroxylamine groups is 1. The van der Waals surface area contributed by atoms with Gasteiger partial charge < -0.3 is 0 Å². The summed E-state index contributed by atoms with van der Waals surface area (Å²) in [7, 11) is 0. The number of aromatic nitrogens is 1. The molecule has 0 saturated carbocycles. The summed E-state index contributed by atoms with van der Waals surface area (Å²) in [5.41, 5.74) is 8.30. The Balaban J connectivity index is 1.71. The fourth-order valence-electron chi connectivity index (χ4n) is 3.31. The van der Waals surface area contributed by atoms with Crippen LogP contribution in [0.15, 0.2) is 48.7 Å². The third-order valence-electron chi connectivity index (χ3n) is 4.58. The lowest BCUT2D eigenvalue weighted by Crippen LogP contribution is -2.31. The maximum Gasteiger partial charge on any atom is 0.251 e. The number of aryl methyl sites for hydroxylation is 2. The molecule has 0 atom stereocenters. The molecule has 0 aliphatic carbocycles. The summed E-state index contributed by atoms with van der Waals surface area (Å²) < 4.78 is 2.03. The highest BCUT2D eigenvalue weighted by molar-refractivity contribution is 5.94. The van der Waals surface area contributed by atoms with Crippen molar-refractivity contribution in [1.29, 1.82) is 0 Å². The van der Waals surface area contributed by atoms with Gasteiger partial charge in [0.25, 0.3) is 5.91 Å². The van der Waals surface area contributed by atoms with Crippen molar-refractivity contribution >= 4 is 28.2 Å². The highest BCUT2D eigenvalue weighted by atomic mass is 16.5. The Morgan fingerprint density at radius 3 is 2.83 bits per heavy atom. The smallest absolute Gasteiger partial charge is 0.251 e. The van der Waals surface area contributed by atoms with E-state index in [9.17, 15) is 10.0 Å². The Labute approximate surface area is 140 Å². The van der Waals surface area contributed by atoms with Gasteiger partial charge in [-0.1, -0.05) is 25.1 Å². The largest absolute Gasteiger partial charge is 0.294 e. The number of benzene rings is 2. The maximum atomic E-state index is 11.6. The van der Waals surface area contributed by atoms with E-state index in [1.807, 2.05) is 22.9 Å². The molecule has 0 fully saturated rings. The topological polar surface area (TPSA) is 57.5 Å². The Hall–Kier alpha value is -2.79. The number of nitrogens with zero attached hydrogens (tertiary/aromatic N) is 2. The van der Waals surface area contributed by atoms with Crippen LogP contribution >= 0.6 is 0 Å². The highest BCUT2D eigenvalue weighted by Gasteiger charge is 2.22. The molecular formula is C19H19N3O2. The number of carbonyl (C=O) groups is 1. The predicted molar refractivity (Wildman–Crippen MR) is 94.4 cm³/mol. The second-order valence-corrected chi connectivity index (χ2v) is 6.06. The molecule has 0 saturated heterocycles. The van der Waals surface area contributed by atoms with E-state index in [1.54, 1.807) is 6.07 Å². The lowest BCUT2D eigenvalue weighted by atomic mass is 10.0. The molecule has 1 aromatic heterocycles. The standard InChI is InChI=1S/C19H19N3O2/c1-2-13-12-21(18-6-4-3-5-16(13)18)20-15-8-9-17-14(11-15)7-10-19(23)22(17)24/h3-6,8-9,11-12,20,24H,2,7,10H2,1H3. The molecule has 3 aromatic rings. The lowest BCUT2D eigenvalue weighted by Gasteiger charge is -2.24. The second kappa shape index (κ2) is 5.69. The van der Waals surface area contributed by atoms with Gasteiger partial charge in [-0.25, -0.2) is 0 Å². The first kappa shape index (κ1) is 14.8. The second-order valence-electron chi connectivity index (χ2n) is 6.06. The van der Waals surface area contributed by atoms with Gasteiger partial charge in [0, 0.05) is 18.0 Å². The summed E-state index contributed by atoms with van der Waals surface area (Å²) in [6.45, 7) is 2.15. The van der Waals surface area contributed by atoms with Crippen LogP contribution in [0.5, 0.6) is 0 Å². The molecule has 2 N–H and O–H groups in total. The number of anilines is 2. The Bertz CT molecular complexity index is 930. The van der Waals surface area contributed by atoms with Gasteiger partial charge in [0.2, 0.25) is 0 Å². The third-order valence-corrected chi connectivity index (χ3v) is 4.58. The first-order valence-electron chi connectivity index (χ1n) is 8.18. The van der Waals surface area contributed by atoms with Crippen LogP contribution in [0.2, 0.25) is 0 Å². The van der Waals surface area contributed by atoms with E-state index in [-0.39, 0.29) is 5.91 Å². The molecule has 24 heavy (non-hydrogen) atoms. The average molecular weight is 321 g/mol. The Morgan fingerprint density at radius 1 is 1.17 bits per heavy atom. The molecule has 2 aromatic carbocycles. The van der Waals surface area contributed by atoms with E-state index in [0.29, 0.717) is 18.5 Å². The molecule has 1 amide bonds. The van der Waals surface area contributed by atoms with Crippen molar-refractivity contribution < 1.29 is 10.0 Å². The minimum atomic E-state index is -0.257. The number of hydrogen-bond donors (Lipinski definition) is 2. The van der Waals surface area contributed by atoms with Crippen LogP contribution in [-0.2, 0) is 17.6 Å². The number of hydrogen-bond acceptors (Lipinski definition) is 3. The van der Waals surface area contributed by atoms with Gasteiger partial charge in [-0.2, -0.15) is 5.06 Å². The Morgan fingerprint density at radius 2 is 2.00 bits per heavy atom. The molecule has 5 heteroatoms. The quantitative estimate of drug-likeness (QED) is 0.722. The molecule has 4 rings (SSSR count). The van der Waals surface area contributed by atoms with Crippen molar-refractivity contribution in [2.45, 2.75) is 26.2 Å². The molecule has 1 aliphatic rings. The maximum absolute atomic E-state index is 11.6. The molecule has 0 bridgehead atoms. The SMILES string of the molecule is CCc1cn(Nc2ccc3c(c2)CCC(=O)N3O)c2ccccc12. The normalized spacial score (nSPS) is 14.1. The van der Waals surface area contributed by atoms with Gasteiger partial charge in [0.15, 0.2) is 0 Å². The van der Waals surface area contributed by atoms with Gasteiger partial charge >= 0.3 is 0 Å². The van der Waals surface area contributed by atoms with E-state index in [0.717, 1.165) is 28.3 Å². The van der Waals surface area contributed by atoms with Gasteiger partial charge in [-0.05, 0) is 48.2 Å². The van der Waals surface area contributed by atoms with Crippen molar-refractivity contribution in [2.75, 3.05) is 10.5 Å². The zero-order valence-corrected chi connectivity index (χ0v) is 13.5. The van der Waals surface area contributed by atoms with E-state index in [4.69, 9.17) is 0 Å².